The van der Waals surface area contributed by atoms with Crippen molar-refractivity contribution in [1.82, 2.24) is 9.55 Å². The lowest BCUT2D eigenvalue weighted by atomic mass is 10.2. The fraction of sp³-hybridized carbons (Fsp3) is 0.250. The van der Waals surface area contributed by atoms with Crippen LogP contribution in [0.4, 0.5) is 17.2 Å². The molecule has 1 aliphatic heterocycles. The fourth-order valence-corrected chi connectivity index (χ4v) is 5.57. The molecule has 3 N–H and O–H groups in total. The van der Waals surface area contributed by atoms with Crippen LogP contribution in [-0.4, -0.2) is 32.1 Å². The van der Waals surface area contributed by atoms with E-state index in [1.807, 2.05) is 61.5 Å². The minimum absolute atomic E-state index is 0.00608. The fourth-order valence-electron chi connectivity index (χ4n) is 3.63. The van der Waals surface area contributed by atoms with Gasteiger partial charge in [-0.25, -0.2) is 9.79 Å². The molecule has 0 saturated carbocycles. The first-order valence-electron chi connectivity index (χ1n) is 10.9. The van der Waals surface area contributed by atoms with E-state index < -0.39 is 11.2 Å². The second-order valence-corrected chi connectivity index (χ2v) is 9.88. The lowest BCUT2D eigenvalue weighted by Gasteiger charge is -2.24. The Kier molecular flexibility index (Phi) is 7.59. The third-order valence-electron chi connectivity index (χ3n) is 5.29. The van der Waals surface area contributed by atoms with Gasteiger partial charge in [-0.15, -0.1) is 0 Å². The van der Waals surface area contributed by atoms with Gasteiger partial charge in [-0.05, 0) is 23.6 Å². The van der Waals surface area contributed by atoms with Crippen LogP contribution in [0.2, 0.25) is 0 Å². The number of rotatable bonds is 7. The molecule has 4 rings (SSSR count). The molecule has 1 aliphatic rings. The number of nitrogens with two attached hydrogens (primary N) is 1. The minimum atomic E-state index is -0.670. The second kappa shape index (κ2) is 10.8. The molecule has 0 radical (unpaired) electrons. The van der Waals surface area contributed by atoms with E-state index in [1.54, 1.807) is 11.8 Å². The SMILES string of the molecule is CCCN(C(=O)CSC1=Nc2ccccc2CS1)c1c(N)n(Cc2ccccc2)c(=O)[nH]c1=O. The first kappa shape index (κ1) is 23.9. The van der Waals surface area contributed by atoms with Crippen molar-refractivity contribution in [2.24, 2.45) is 4.99 Å². The number of nitrogens with zero attached hydrogens (tertiary/aromatic N) is 3. The van der Waals surface area contributed by atoms with Gasteiger partial charge in [0.1, 0.15) is 10.2 Å². The molecule has 1 aromatic heterocycles. The number of benzene rings is 2. The predicted octanol–water partition coefficient (Wildman–Crippen LogP) is 3.58. The van der Waals surface area contributed by atoms with E-state index in [4.69, 9.17) is 5.73 Å². The molecule has 0 atom stereocenters. The normalized spacial score (nSPS) is 12.7. The average molecular weight is 496 g/mol. The molecular formula is C24H25N5O3S2. The number of carbonyl (C=O) groups excluding carboxylic acids is 1. The molecule has 34 heavy (non-hydrogen) atoms. The van der Waals surface area contributed by atoms with E-state index in [9.17, 15) is 14.4 Å². The number of hydrogen-bond acceptors (Lipinski definition) is 7. The molecule has 0 bridgehead atoms. The van der Waals surface area contributed by atoms with E-state index in [0.717, 1.165) is 26.9 Å². The molecule has 1 amide bonds. The average Bonchev–Trinajstić information content (AvgIpc) is 2.85. The van der Waals surface area contributed by atoms with Crippen molar-refractivity contribution < 1.29 is 4.79 Å². The molecule has 0 unspecified atom stereocenters. The maximum atomic E-state index is 13.2. The molecule has 0 fully saturated rings. The van der Waals surface area contributed by atoms with Crippen LogP contribution in [-0.2, 0) is 17.1 Å². The Hall–Kier alpha value is -3.24. The summed E-state index contributed by atoms with van der Waals surface area (Å²) in [5.41, 5.74) is 7.96. The molecule has 10 heteroatoms. The van der Waals surface area contributed by atoms with Crippen LogP contribution in [0.3, 0.4) is 0 Å². The Bertz CT molecular complexity index is 1330. The number of anilines is 2. The first-order valence-corrected chi connectivity index (χ1v) is 12.8. The second-order valence-electron chi connectivity index (χ2n) is 7.69. The van der Waals surface area contributed by atoms with Gasteiger partial charge < -0.3 is 10.6 Å². The molecule has 0 saturated heterocycles. The number of amides is 1. The minimum Gasteiger partial charge on any atom is -0.383 e. The molecule has 8 nitrogen and oxygen atoms in total. The lowest BCUT2D eigenvalue weighted by Crippen LogP contribution is -2.42. The molecule has 3 aromatic rings. The van der Waals surface area contributed by atoms with Crippen LogP contribution in [0.1, 0.15) is 24.5 Å². The van der Waals surface area contributed by atoms with Crippen molar-refractivity contribution in [1.29, 1.82) is 0 Å². The zero-order valence-electron chi connectivity index (χ0n) is 18.7. The Labute approximate surface area is 205 Å². The van der Waals surface area contributed by atoms with Gasteiger partial charge in [0.25, 0.3) is 5.56 Å². The highest BCUT2D eigenvalue weighted by molar-refractivity contribution is 8.38. The van der Waals surface area contributed by atoms with Gasteiger partial charge in [0.15, 0.2) is 5.69 Å². The van der Waals surface area contributed by atoms with Crippen molar-refractivity contribution in [2.75, 3.05) is 22.9 Å². The van der Waals surface area contributed by atoms with Gasteiger partial charge in [-0.3, -0.25) is 19.1 Å². The molecule has 2 heterocycles. The third-order valence-corrected chi connectivity index (χ3v) is 7.52. The zero-order valence-corrected chi connectivity index (χ0v) is 20.3. The number of nitrogens with one attached hydrogen (secondary N) is 1. The number of aromatic amines is 1. The largest absolute Gasteiger partial charge is 0.383 e. The number of carbonyl (C=O) groups is 1. The molecule has 0 aliphatic carbocycles. The zero-order chi connectivity index (χ0) is 24.1. The quantitative estimate of drug-likeness (QED) is 0.518. The third kappa shape index (κ3) is 5.28. The van der Waals surface area contributed by atoms with Gasteiger partial charge in [0.2, 0.25) is 5.91 Å². The number of thioether (sulfide) groups is 2. The number of aromatic nitrogens is 2. The molecule has 0 spiro atoms. The Balaban J connectivity index is 1.58. The van der Waals surface area contributed by atoms with E-state index in [1.165, 1.54) is 21.2 Å². The summed E-state index contributed by atoms with van der Waals surface area (Å²) in [5, 5.41) is 0. The lowest BCUT2D eigenvalue weighted by molar-refractivity contribution is -0.116. The summed E-state index contributed by atoms with van der Waals surface area (Å²) in [6, 6.07) is 17.2. The molecule has 176 valence electrons. The Morgan fingerprint density at radius 3 is 2.68 bits per heavy atom. The number of hydrogen-bond donors (Lipinski definition) is 2. The summed E-state index contributed by atoms with van der Waals surface area (Å²) in [4.78, 5) is 46.8. The first-order chi connectivity index (χ1) is 16.5. The highest BCUT2D eigenvalue weighted by Crippen LogP contribution is 2.34. The van der Waals surface area contributed by atoms with Crippen molar-refractivity contribution in [3.63, 3.8) is 0 Å². The van der Waals surface area contributed by atoms with E-state index in [0.29, 0.717) is 13.0 Å². The summed E-state index contributed by atoms with van der Waals surface area (Å²) in [6.45, 7) is 2.40. The number of aliphatic imine (C=N–C) groups is 1. The highest BCUT2D eigenvalue weighted by atomic mass is 32.2. The van der Waals surface area contributed by atoms with Crippen LogP contribution in [0, 0.1) is 0 Å². The highest BCUT2D eigenvalue weighted by Gasteiger charge is 2.25. The predicted molar refractivity (Wildman–Crippen MR) is 141 cm³/mol. The van der Waals surface area contributed by atoms with Crippen LogP contribution in [0.15, 0.2) is 69.2 Å². The Morgan fingerprint density at radius 2 is 1.91 bits per heavy atom. The van der Waals surface area contributed by atoms with Gasteiger partial charge in [-0.2, -0.15) is 0 Å². The van der Waals surface area contributed by atoms with Crippen LogP contribution < -0.4 is 21.9 Å². The summed E-state index contributed by atoms with van der Waals surface area (Å²) in [6.07, 6.45) is 0.621. The van der Waals surface area contributed by atoms with Crippen LogP contribution in [0.25, 0.3) is 0 Å². The standard InChI is InChI=1S/C24H25N5O3S2/c1-2-12-28(19(30)15-34-24-26-18-11-7-6-10-17(18)14-33-24)20-21(25)29(23(32)27-22(20)31)13-16-8-4-3-5-9-16/h3-11H,2,12-15,25H2,1H3,(H,27,31,32). The van der Waals surface area contributed by atoms with Crippen LogP contribution >= 0.6 is 23.5 Å². The van der Waals surface area contributed by atoms with E-state index in [-0.39, 0.29) is 29.7 Å². The maximum absolute atomic E-state index is 13.2. The van der Waals surface area contributed by atoms with Gasteiger partial charge in [-0.1, -0.05) is 79.0 Å². The Morgan fingerprint density at radius 1 is 1.18 bits per heavy atom. The number of para-hydroxylation sites is 1. The van der Waals surface area contributed by atoms with E-state index >= 15 is 0 Å². The van der Waals surface area contributed by atoms with Crippen molar-refractivity contribution in [3.05, 3.63) is 86.6 Å². The van der Waals surface area contributed by atoms with Crippen molar-refractivity contribution in [2.45, 2.75) is 25.6 Å². The number of H-pyrrole nitrogens is 1. The number of nitrogen functional groups attached to an aromatic ring is 1. The summed E-state index contributed by atoms with van der Waals surface area (Å²) in [7, 11) is 0. The molecular weight excluding hydrogens is 470 g/mol. The van der Waals surface area contributed by atoms with E-state index in [2.05, 4.69) is 9.98 Å². The summed E-state index contributed by atoms with van der Waals surface area (Å²) in [5.74, 6) is 0.607. The monoisotopic (exact) mass is 495 g/mol. The van der Waals surface area contributed by atoms with Gasteiger partial charge in [0, 0.05) is 12.3 Å². The van der Waals surface area contributed by atoms with Crippen molar-refractivity contribution in [3.8, 4) is 0 Å². The van der Waals surface area contributed by atoms with Crippen LogP contribution in [0.5, 0.6) is 0 Å². The maximum Gasteiger partial charge on any atom is 0.330 e. The van der Waals surface area contributed by atoms with Gasteiger partial charge >= 0.3 is 5.69 Å². The summed E-state index contributed by atoms with van der Waals surface area (Å²) >= 11 is 2.92. The smallest absolute Gasteiger partial charge is 0.330 e. The molecule has 2 aromatic carbocycles. The number of fused-ring (bicyclic) bond motifs is 1. The summed E-state index contributed by atoms with van der Waals surface area (Å²) < 4.78 is 2.09. The van der Waals surface area contributed by atoms with Gasteiger partial charge in [0.05, 0.1) is 18.0 Å². The van der Waals surface area contributed by atoms with Crippen molar-refractivity contribution >= 4 is 51.0 Å². The topological polar surface area (TPSA) is 114 Å².